The molecular formula is C14H19NO3. The van der Waals surface area contributed by atoms with Crippen molar-refractivity contribution in [1.82, 2.24) is 4.90 Å². The van der Waals surface area contributed by atoms with E-state index in [1.54, 1.807) is 7.11 Å². The van der Waals surface area contributed by atoms with Crippen LogP contribution in [-0.2, 0) is 11.3 Å². The van der Waals surface area contributed by atoms with E-state index in [-0.39, 0.29) is 6.04 Å². The van der Waals surface area contributed by atoms with Crippen LogP contribution in [0.15, 0.2) is 18.2 Å². The maximum absolute atomic E-state index is 11.1. The number of carboxylic acid groups (broad SMARTS) is 1. The normalized spacial score (nSPS) is 20.0. The summed E-state index contributed by atoms with van der Waals surface area (Å²) in [5, 5.41) is 9.14. The third kappa shape index (κ3) is 2.64. The minimum Gasteiger partial charge on any atom is -0.496 e. The molecule has 1 saturated heterocycles. The van der Waals surface area contributed by atoms with Gasteiger partial charge in [-0.15, -0.1) is 0 Å². The van der Waals surface area contributed by atoms with Gasteiger partial charge in [0.2, 0.25) is 0 Å². The third-order valence-electron chi connectivity index (χ3n) is 3.51. The smallest absolute Gasteiger partial charge is 0.320 e. The van der Waals surface area contributed by atoms with Crippen LogP contribution in [0.25, 0.3) is 0 Å². The second-order valence-electron chi connectivity index (χ2n) is 4.77. The van der Waals surface area contributed by atoms with E-state index in [2.05, 4.69) is 0 Å². The molecule has 1 aliphatic rings. The SMILES string of the molecule is COc1cc(CN2CCC[C@@H]2C(=O)O)ccc1C. The van der Waals surface area contributed by atoms with E-state index in [9.17, 15) is 4.79 Å². The number of rotatable bonds is 4. The highest BCUT2D eigenvalue weighted by Gasteiger charge is 2.30. The first kappa shape index (κ1) is 12.9. The Labute approximate surface area is 107 Å². The number of nitrogens with zero attached hydrogens (tertiary/aromatic N) is 1. The highest BCUT2D eigenvalue weighted by atomic mass is 16.5. The predicted molar refractivity (Wildman–Crippen MR) is 68.8 cm³/mol. The van der Waals surface area contributed by atoms with Crippen molar-refractivity contribution in [2.45, 2.75) is 32.4 Å². The van der Waals surface area contributed by atoms with Gasteiger partial charge in [-0.2, -0.15) is 0 Å². The van der Waals surface area contributed by atoms with E-state index in [4.69, 9.17) is 9.84 Å². The van der Waals surface area contributed by atoms with E-state index in [1.807, 2.05) is 30.0 Å². The van der Waals surface area contributed by atoms with Crippen LogP contribution in [0, 0.1) is 6.92 Å². The van der Waals surface area contributed by atoms with Crippen molar-refractivity contribution < 1.29 is 14.6 Å². The molecular weight excluding hydrogens is 230 g/mol. The van der Waals surface area contributed by atoms with E-state index in [0.29, 0.717) is 6.54 Å². The molecule has 4 heteroatoms. The van der Waals surface area contributed by atoms with Crippen LogP contribution in [0.1, 0.15) is 24.0 Å². The van der Waals surface area contributed by atoms with Crippen molar-refractivity contribution in [2.75, 3.05) is 13.7 Å². The minimum absolute atomic E-state index is 0.336. The second kappa shape index (κ2) is 5.40. The van der Waals surface area contributed by atoms with Gasteiger partial charge in [0.15, 0.2) is 0 Å². The zero-order valence-electron chi connectivity index (χ0n) is 10.8. The van der Waals surface area contributed by atoms with E-state index in [1.165, 1.54) is 0 Å². The van der Waals surface area contributed by atoms with Crippen LogP contribution in [0.3, 0.4) is 0 Å². The fraction of sp³-hybridized carbons (Fsp3) is 0.500. The van der Waals surface area contributed by atoms with Crippen molar-refractivity contribution in [3.63, 3.8) is 0 Å². The van der Waals surface area contributed by atoms with Crippen molar-refractivity contribution in [3.8, 4) is 5.75 Å². The molecule has 4 nitrogen and oxygen atoms in total. The minimum atomic E-state index is -0.716. The van der Waals surface area contributed by atoms with Crippen molar-refractivity contribution in [1.29, 1.82) is 0 Å². The number of aryl methyl sites for hydroxylation is 1. The Hall–Kier alpha value is -1.55. The zero-order chi connectivity index (χ0) is 13.1. The largest absolute Gasteiger partial charge is 0.496 e. The molecule has 1 N–H and O–H groups in total. The molecule has 0 saturated carbocycles. The molecule has 0 aliphatic carbocycles. The summed E-state index contributed by atoms with van der Waals surface area (Å²) in [6, 6.07) is 5.71. The van der Waals surface area contributed by atoms with Gasteiger partial charge in [0.25, 0.3) is 0 Å². The van der Waals surface area contributed by atoms with Gasteiger partial charge in [-0.3, -0.25) is 9.69 Å². The Balaban J connectivity index is 2.11. The molecule has 18 heavy (non-hydrogen) atoms. The maximum atomic E-state index is 11.1. The van der Waals surface area contributed by atoms with Gasteiger partial charge < -0.3 is 9.84 Å². The molecule has 0 amide bonds. The van der Waals surface area contributed by atoms with Crippen LogP contribution in [0.5, 0.6) is 5.75 Å². The molecule has 1 fully saturated rings. The van der Waals surface area contributed by atoms with Gasteiger partial charge in [0.05, 0.1) is 7.11 Å². The number of carbonyl (C=O) groups is 1. The molecule has 1 aromatic rings. The monoisotopic (exact) mass is 249 g/mol. The Morgan fingerprint density at radius 2 is 2.33 bits per heavy atom. The Morgan fingerprint density at radius 3 is 3.00 bits per heavy atom. The number of ether oxygens (including phenoxy) is 1. The number of benzene rings is 1. The topological polar surface area (TPSA) is 49.8 Å². The Morgan fingerprint density at radius 1 is 1.56 bits per heavy atom. The van der Waals surface area contributed by atoms with Crippen LogP contribution in [-0.4, -0.2) is 35.7 Å². The lowest BCUT2D eigenvalue weighted by Crippen LogP contribution is -2.35. The Bertz CT molecular complexity index is 445. The molecule has 0 bridgehead atoms. The lowest BCUT2D eigenvalue weighted by Gasteiger charge is -2.21. The fourth-order valence-corrected chi connectivity index (χ4v) is 2.49. The summed E-state index contributed by atoms with van der Waals surface area (Å²) in [5.74, 6) is 0.144. The molecule has 0 radical (unpaired) electrons. The first-order valence-corrected chi connectivity index (χ1v) is 6.22. The highest BCUT2D eigenvalue weighted by molar-refractivity contribution is 5.73. The predicted octanol–water partition coefficient (Wildman–Crippen LogP) is 2.05. The van der Waals surface area contributed by atoms with Gasteiger partial charge >= 0.3 is 5.97 Å². The van der Waals surface area contributed by atoms with E-state index >= 15 is 0 Å². The van der Waals surface area contributed by atoms with Crippen LogP contribution >= 0.6 is 0 Å². The summed E-state index contributed by atoms with van der Waals surface area (Å²) in [6.07, 6.45) is 1.71. The lowest BCUT2D eigenvalue weighted by molar-refractivity contribution is -0.142. The van der Waals surface area contributed by atoms with E-state index in [0.717, 1.165) is 36.3 Å². The van der Waals surface area contributed by atoms with Gasteiger partial charge in [0, 0.05) is 6.54 Å². The summed E-state index contributed by atoms with van der Waals surface area (Å²) in [6.45, 7) is 3.53. The van der Waals surface area contributed by atoms with Crippen LogP contribution in [0.4, 0.5) is 0 Å². The lowest BCUT2D eigenvalue weighted by atomic mass is 10.1. The van der Waals surface area contributed by atoms with Gasteiger partial charge in [-0.25, -0.2) is 0 Å². The third-order valence-corrected chi connectivity index (χ3v) is 3.51. The molecule has 2 rings (SSSR count). The molecule has 0 unspecified atom stereocenters. The number of carboxylic acids is 1. The summed E-state index contributed by atoms with van der Waals surface area (Å²) in [7, 11) is 1.65. The fourth-order valence-electron chi connectivity index (χ4n) is 2.49. The molecule has 0 spiro atoms. The molecule has 1 aromatic carbocycles. The second-order valence-corrected chi connectivity index (χ2v) is 4.77. The number of hydrogen-bond acceptors (Lipinski definition) is 3. The average molecular weight is 249 g/mol. The van der Waals surface area contributed by atoms with Crippen molar-refractivity contribution in [3.05, 3.63) is 29.3 Å². The number of hydrogen-bond donors (Lipinski definition) is 1. The number of likely N-dealkylation sites (tertiary alicyclic amines) is 1. The average Bonchev–Trinajstić information content (AvgIpc) is 2.80. The maximum Gasteiger partial charge on any atom is 0.320 e. The summed E-state index contributed by atoms with van der Waals surface area (Å²) < 4.78 is 5.29. The van der Waals surface area contributed by atoms with Gasteiger partial charge in [-0.05, 0) is 43.5 Å². The Kier molecular flexibility index (Phi) is 3.87. The zero-order valence-corrected chi connectivity index (χ0v) is 10.8. The number of aliphatic carboxylic acids is 1. The molecule has 0 aromatic heterocycles. The standard InChI is InChI=1S/C14H19NO3/c1-10-5-6-11(8-13(10)18-2)9-15-7-3-4-12(15)14(16)17/h5-6,8,12H,3-4,7,9H2,1-2H3,(H,16,17)/t12-/m1/s1. The quantitative estimate of drug-likeness (QED) is 0.887. The van der Waals surface area contributed by atoms with Gasteiger partial charge in [0.1, 0.15) is 11.8 Å². The van der Waals surface area contributed by atoms with E-state index < -0.39 is 5.97 Å². The van der Waals surface area contributed by atoms with Crippen molar-refractivity contribution >= 4 is 5.97 Å². The highest BCUT2D eigenvalue weighted by Crippen LogP contribution is 2.24. The van der Waals surface area contributed by atoms with Crippen LogP contribution < -0.4 is 4.74 Å². The summed E-state index contributed by atoms with van der Waals surface area (Å²) in [5.41, 5.74) is 2.20. The van der Waals surface area contributed by atoms with Crippen LogP contribution in [0.2, 0.25) is 0 Å². The summed E-state index contributed by atoms with van der Waals surface area (Å²) >= 11 is 0. The molecule has 98 valence electrons. The first-order valence-electron chi connectivity index (χ1n) is 6.22. The molecule has 1 heterocycles. The van der Waals surface area contributed by atoms with Crippen molar-refractivity contribution in [2.24, 2.45) is 0 Å². The van der Waals surface area contributed by atoms with Gasteiger partial charge in [-0.1, -0.05) is 12.1 Å². The molecule has 1 aliphatic heterocycles. The first-order chi connectivity index (χ1) is 8.61. The summed E-state index contributed by atoms with van der Waals surface area (Å²) in [4.78, 5) is 13.1. The molecule has 1 atom stereocenters. The number of methoxy groups -OCH3 is 1.